The van der Waals surface area contributed by atoms with Crippen molar-refractivity contribution >= 4 is 0 Å². The molecule has 1 aromatic carbocycles. The van der Waals surface area contributed by atoms with E-state index in [2.05, 4.69) is 31.3 Å². The van der Waals surface area contributed by atoms with Crippen molar-refractivity contribution in [1.29, 1.82) is 0 Å². The Morgan fingerprint density at radius 1 is 1.37 bits per heavy atom. The summed E-state index contributed by atoms with van der Waals surface area (Å²) in [5.41, 5.74) is 1.33. The topological polar surface area (TPSA) is 30.5 Å². The van der Waals surface area contributed by atoms with Gasteiger partial charge < -0.3 is 14.8 Å². The van der Waals surface area contributed by atoms with Crippen LogP contribution < -0.4 is 10.1 Å². The van der Waals surface area contributed by atoms with Crippen LogP contribution in [-0.2, 0) is 4.74 Å². The molecule has 19 heavy (non-hydrogen) atoms. The van der Waals surface area contributed by atoms with Crippen molar-refractivity contribution in [2.24, 2.45) is 5.92 Å². The largest absolute Gasteiger partial charge is 0.497 e. The summed E-state index contributed by atoms with van der Waals surface area (Å²) >= 11 is 0. The predicted molar refractivity (Wildman–Crippen MR) is 77.5 cm³/mol. The van der Waals surface area contributed by atoms with Crippen molar-refractivity contribution in [3.63, 3.8) is 0 Å². The third-order valence-electron chi connectivity index (χ3n) is 4.09. The van der Waals surface area contributed by atoms with Gasteiger partial charge in [0.05, 0.1) is 13.2 Å². The molecule has 0 saturated carbocycles. The van der Waals surface area contributed by atoms with Crippen molar-refractivity contribution in [3.8, 4) is 5.75 Å². The highest BCUT2D eigenvalue weighted by molar-refractivity contribution is 5.29. The SMILES string of the molecule is CCC(NCC1CCOC1C)c1ccc(OC)cc1. The highest BCUT2D eigenvalue weighted by Gasteiger charge is 2.24. The number of hydrogen-bond donors (Lipinski definition) is 1. The first-order valence-electron chi connectivity index (χ1n) is 7.23. The quantitative estimate of drug-likeness (QED) is 0.855. The van der Waals surface area contributed by atoms with E-state index in [4.69, 9.17) is 9.47 Å². The molecule has 2 rings (SSSR count). The Kier molecular flexibility index (Phi) is 5.23. The van der Waals surface area contributed by atoms with Crippen molar-refractivity contribution in [1.82, 2.24) is 5.32 Å². The van der Waals surface area contributed by atoms with Crippen LogP contribution in [0, 0.1) is 5.92 Å². The molecule has 1 fully saturated rings. The van der Waals surface area contributed by atoms with Gasteiger partial charge in [0.1, 0.15) is 5.75 Å². The molecule has 0 spiro atoms. The first-order chi connectivity index (χ1) is 9.24. The Morgan fingerprint density at radius 3 is 2.63 bits per heavy atom. The Labute approximate surface area is 116 Å². The zero-order valence-electron chi connectivity index (χ0n) is 12.2. The minimum absolute atomic E-state index is 0.390. The number of benzene rings is 1. The molecule has 3 heteroatoms. The summed E-state index contributed by atoms with van der Waals surface area (Å²) in [6.45, 7) is 6.34. The van der Waals surface area contributed by atoms with E-state index in [0.717, 1.165) is 25.3 Å². The van der Waals surface area contributed by atoms with E-state index in [1.807, 2.05) is 12.1 Å². The van der Waals surface area contributed by atoms with Crippen LogP contribution in [0.4, 0.5) is 0 Å². The number of hydrogen-bond acceptors (Lipinski definition) is 3. The summed E-state index contributed by atoms with van der Waals surface area (Å²) in [6, 6.07) is 8.77. The van der Waals surface area contributed by atoms with Gasteiger partial charge in [-0.05, 0) is 43.4 Å². The van der Waals surface area contributed by atoms with Gasteiger partial charge in [-0.3, -0.25) is 0 Å². The Bertz CT molecular complexity index is 377. The molecule has 0 aromatic heterocycles. The second-order valence-corrected chi connectivity index (χ2v) is 5.27. The molecule has 3 atom stereocenters. The first-order valence-corrected chi connectivity index (χ1v) is 7.23. The average molecular weight is 263 g/mol. The lowest BCUT2D eigenvalue weighted by molar-refractivity contribution is 0.105. The summed E-state index contributed by atoms with van der Waals surface area (Å²) in [4.78, 5) is 0. The average Bonchev–Trinajstić information content (AvgIpc) is 2.86. The van der Waals surface area contributed by atoms with Crippen LogP contribution in [0.3, 0.4) is 0 Å². The third kappa shape index (κ3) is 3.71. The molecule has 0 amide bonds. The molecule has 106 valence electrons. The molecule has 1 N–H and O–H groups in total. The molecule has 1 saturated heterocycles. The molecule has 1 aliphatic heterocycles. The number of ether oxygens (including phenoxy) is 2. The smallest absolute Gasteiger partial charge is 0.118 e. The van der Waals surface area contributed by atoms with E-state index >= 15 is 0 Å². The second kappa shape index (κ2) is 6.92. The fourth-order valence-electron chi connectivity index (χ4n) is 2.67. The standard InChI is InChI=1S/C16H25NO2/c1-4-16(13-5-7-15(18-3)8-6-13)17-11-14-9-10-19-12(14)2/h5-8,12,14,16-17H,4,9-11H2,1-3H3. The van der Waals surface area contributed by atoms with Gasteiger partial charge in [0, 0.05) is 19.2 Å². The lowest BCUT2D eigenvalue weighted by Crippen LogP contribution is -2.30. The Morgan fingerprint density at radius 2 is 2.11 bits per heavy atom. The maximum Gasteiger partial charge on any atom is 0.118 e. The van der Waals surface area contributed by atoms with Crippen LogP contribution in [0.1, 0.15) is 38.3 Å². The number of rotatable bonds is 6. The van der Waals surface area contributed by atoms with Crippen molar-refractivity contribution in [3.05, 3.63) is 29.8 Å². The molecule has 3 nitrogen and oxygen atoms in total. The highest BCUT2D eigenvalue weighted by atomic mass is 16.5. The Balaban J connectivity index is 1.91. The molecule has 0 radical (unpaired) electrons. The summed E-state index contributed by atoms with van der Waals surface area (Å²) in [7, 11) is 1.70. The molecule has 1 aliphatic rings. The van der Waals surface area contributed by atoms with Gasteiger partial charge in [0.25, 0.3) is 0 Å². The van der Waals surface area contributed by atoms with Crippen LogP contribution in [0.5, 0.6) is 5.75 Å². The second-order valence-electron chi connectivity index (χ2n) is 5.27. The molecule has 3 unspecified atom stereocenters. The van der Waals surface area contributed by atoms with Crippen molar-refractivity contribution in [2.75, 3.05) is 20.3 Å². The normalized spacial score (nSPS) is 24.4. The third-order valence-corrected chi connectivity index (χ3v) is 4.09. The minimum Gasteiger partial charge on any atom is -0.497 e. The van der Waals surface area contributed by atoms with Crippen LogP contribution in [0.15, 0.2) is 24.3 Å². The fourth-order valence-corrected chi connectivity index (χ4v) is 2.67. The molecular weight excluding hydrogens is 238 g/mol. The Hall–Kier alpha value is -1.06. The number of methoxy groups -OCH3 is 1. The fraction of sp³-hybridized carbons (Fsp3) is 0.625. The van der Waals surface area contributed by atoms with Gasteiger partial charge in [-0.2, -0.15) is 0 Å². The van der Waals surface area contributed by atoms with E-state index in [1.165, 1.54) is 12.0 Å². The van der Waals surface area contributed by atoms with Gasteiger partial charge >= 0.3 is 0 Å². The zero-order valence-corrected chi connectivity index (χ0v) is 12.2. The van der Waals surface area contributed by atoms with Crippen LogP contribution in [0.2, 0.25) is 0 Å². The molecular formula is C16H25NO2. The zero-order chi connectivity index (χ0) is 13.7. The van der Waals surface area contributed by atoms with Crippen molar-refractivity contribution in [2.45, 2.75) is 38.8 Å². The summed E-state index contributed by atoms with van der Waals surface area (Å²) in [6.07, 6.45) is 2.66. The van der Waals surface area contributed by atoms with Crippen molar-refractivity contribution < 1.29 is 9.47 Å². The monoisotopic (exact) mass is 263 g/mol. The lowest BCUT2D eigenvalue weighted by Gasteiger charge is -2.21. The van der Waals surface area contributed by atoms with Crippen LogP contribution in [0.25, 0.3) is 0 Å². The van der Waals surface area contributed by atoms with Gasteiger partial charge in [-0.1, -0.05) is 19.1 Å². The lowest BCUT2D eigenvalue weighted by atomic mass is 10.00. The summed E-state index contributed by atoms with van der Waals surface area (Å²) in [5.74, 6) is 1.56. The van der Waals surface area contributed by atoms with E-state index in [0.29, 0.717) is 18.1 Å². The van der Waals surface area contributed by atoms with Gasteiger partial charge in [0.15, 0.2) is 0 Å². The summed E-state index contributed by atoms with van der Waals surface area (Å²) in [5, 5.41) is 3.67. The summed E-state index contributed by atoms with van der Waals surface area (Å²) < 4.78 is 10.8. The first kappa shape index (κ1) is 14.4. The van der Waals surface area contributed by atoms with Crippen LogP contribution >= 0.6 is 0 Å². The van der Waals surface area contributed by atoms with Gasteiger partial charge in [0.2, 0.25) is 0 Å². The molecule has 0 aliphatic carbocycles. The predicted octanol–water partition coefficient (Wildman–Crippen LogP) is 3.16. The molecule has 1 aromatic rings. The van der Waals surface area contributed by atoms with E-state index in [1.54, 1.807) is 7.11 Å². The molecule has 1 heterocycles. The van der Waals surface area contributed by atoms with E-state index in [9.17, 15) is 0 Å². The number of nitrogens with one attached hydrogen (secondary N) is 1. The minimum atomic E-state index is 0.390. The maximum atomic E-state index is 5.61. The maximum absolute atomic E-state index is 5.61. The van der Waals surface area contributed by atoms with Crippen LogP contribution in [-0.4, -0.2) is 26.4 Å². The van der Waals surface area contributed by atoms with E-state index < -0.39 is 0 Å². The van der Waals surface area contributed by atoms with Gasteiger partial charge in [-0.15, -0.1) is 0 Å². The van der Waals surface area contributed by atoms with E-state index in [-0.39, 0.29) is 0 Å². The highest BCUT2D eigenvalue weighted by Crippen LogP contribution is 2.23. The molecule has 0 bridgehead atoms. The van der Waals surface area contributed by atoms with Gasteiger partial charge in [-0.25, -0.2) is 0 Å².